The van der Waals surface area contributed by atoms with Crippen molar-refractivity contribution in [1.82, 2.24) is 9.80 Å². The number of rotatable bonds is 5. The number of ether oxygens (including phenoxy) is 2. The van der Waals surface area contributed by atoms with Crippen molar-refractivity contribution in [2.75, 3.05) is 32.8 Å². The van der Waals surface area contributed by atoms with Gasteiger partial charge in [-0.3, -0.25) is 9.59 Å². The summed E-state index contributed by atoms with van der Waals surface area (Å²) in [7, 11) is 0. The molecule has 0 bridgehead atoms. The largest absolute Gasteiger partial charge is 0.484 e. The summed E-state index contributed by atoms with van der Waals surface area (Å²) in [6.45, 7) is 1.10. The fraction of sp³-hybridized carbons (Fsp3) is 0.316. The number of fused-ring (bicyclic) bond motifs is 1. The number of nitrogens with zero attached hydrogens (tertiary/aromatic N) is 2. The Kier molecular flexibility index (Phi) is 4.20. The molecule has 0 aromatic heterocycles. The first kappa shape index (κ1) is 16.4. The Hall–Kier alpha value is -3.09. The Labute approximate surface area is 150 Å². The van der Waals surface area contributed by atoms with E-state index >= 15 is 0 Å². The Morgan fingerprint density at radius 3 is 2.62 bits per heavy atom. The van der Waals surface area contributed by atoms with E-state index in [0.29, 0.717) is 25.4 Å². The van der Waals surface area contributed by atoms with Crippen molar-refractivity contribution < 1.29 is 23.9 Å². The van der Waals surface area contributed by atoms with Crippen LogP contribution in [0.4, 0.5) is 4.79 Å². The zero-order chi connectivity index (χ0) is 18.1. The molecule has 0 aliphatic carbocycles. The number of imide groups is 1. The van der Waals surface area contributed by atoms with Crippen molar-refractivity contribution in [3.8, 4) is 5.75 Å². The van der Waals surface area contributed by atoms with E-state index in [2.05, 4.69) is 4.74 Å². The average molecular weight is 354 g/mol. The van der Waals surface area contributed by atoms with Crippen LogP contribution in [0, 0.1) is 5.92 Å². The van der Waals surface area contributed by atoms with Gasteiger partial charge in [-0.15, -0.1) is 0 Å². The quantitative estimate of drug-likeness (QED) is 0.816. The standard InChI is InChI=1S/C19H18N2O5/c22-17(11-25-16-6-5-14-3-1-2-4-15(14)7-16)20-8-13(9-20)10-21-18(23)12-26-19(21)24/h1-7,13H,8-12H2. The van der Waals surface area contributed by atoms with Crippen LogP contribution in [-0.4, -0.2) is 60.6 Å². The first-order valence-electron chi connectivity index (χ1n) is 8.46. The maximum Gasteiger partial charge on any atom is 0.417 e. The molecule has 2 aromatic carbocycles. The molecule has 2 saturated heterocycles. The molecule has 26 heavy (non-hydrogen) atoms. The number of hydrogen-bond acceptors (Lipinski definition) is 5. The second-order valence-electron chi connectivity index (χ2n) is 6.52. The fourth-order valence-electron chi connectivity index (χ4n) is 3.20. The third-order valence-electron chi connectivity index (χ3n) is 4.67. The molecule has 2 heterocycles. The van der Waals surface area contributed by atoms with Gasteiger partial charge in [0, 0.05) is 25.6 Å². The van der Waals surface area contributed by atoms with E-state index < -0.39 is 6.09 Å². The molecule has 2 aliphatic heterocycles. The lowest BCUT2D eigenvalue weighted by molar-refractivity contribution is -0.140. The molecule has 0 spiro atoms. The minimum Gasteiger partial charge on any atom is -0.484 e. The van der Waals surface area contributed by atoms with Gasteiger partial charge >= 0.3 is 6.09 Å². The van der Waals surface area contributed by atoms with Crippen LogP contribution in [0.25, 0.3) is 10.8 Å². The van der Waals surface area contributed by atoms with Crippen molar-refractivity contribution >= 4 is 28.7 Å². The van der Waals surface area contributed by atoms with Gasteiger partial charge in [0.05, 0.1) is 0 Å². The van der Waals surface area contributed by atoms with Crippen LogP contribution < -0.4 is 4.74 Å². The van der Waals surface area contributed by atoms with Gasteiger partial charge in [-0.05, 0) is 22.9 Å². The van der Waals surface area contributed by atoms with Crippen LogP contribution in [0.15, 0.2) is 42.5 Å². The highest BCUT2D eigenvalue weighted by atomic mass is 16.6. The van der Waals surface area contributed by atoms with Gasteiger partial charge in [-0.25, -0.2) is 9.69 Å². The summed E-state index contributed by atoms with van der Waals surface area (Å²) in [5, 5.41) is 2.18. The van der Waals surface area contributed by atoms with Crippen LogP contribution in [0.3, 0.4) is 0 Å². The molecule has 0 saturated carbocycles. The molecule has 0 radical (unpaired) electrons. The van der Waals surface area contributed by atoms with Crippen molar-refractivity contribution in [3.63, 3.8) is 0 Å². The lowest BCUT2D eigenvalue weighted by Crippen LogP contribution is -2.55. The monoisotopic (exact) mass is 354 g/mol. The SMILES string of the molecule is O=C(COc1ccc2ccccc2c1)N1CC(CN2C(=O)COC2=O)C1. The molecule has 0 unspecified atom stereocenters. The van der Waals surface area contributed by atoms with Crippen LogP contribution in [0.5, 0.6) is 5.75 Å². The van der Waals surface area contributed by atoms with Crippen LogP contribution >= 0.6 is 0 Å². The summed E-state index contributed by atoms with van der Waals surface area (Å²) in [5.74, 6) is 0.317. The Balaban J connectivity index is 1.25. The minimum absolute atomic E-state index is 0.0320. The summed E-state index contributed by atoms with van der Waals surface area (Å²) >= 11 is 0. The van der Waals surface area contributed by atoms with E-state index in [1.807, 2.05) is 42.5 Å². The number of cyclic esters (lactones) is 1. The Bertz CT molecular complexity index is 859. The highest BCUT2D eigenvalue weighted by Crippen LogP contribution is 2.22. The summed E-state index contributed by atoms with van der Waals surface area (Å²) in [6.07, 6.45) is -0.598. The predicted octanol–water partition coefficient (Wildman–Crippen LogP) is 1.66. The van der Waals surface area contributed by atoms with Gasteiger partial charge in [0.2, 0.25) is 0 Å². The van der Waals surface area contributed by atoms with E-state index in [1.54, 1.807) is 4.90 Å². The van der Waals surface area contributed by atoms with Crippen molar-refractivity contribution in [2.24, 2.45) is 5.92 Å². The molecule has 4 rings (SSSR count). The lowest BCUT2D eigenvalue weighted by Gasteiger charge is -2.40. The fourth-order valence-corrected chi connectivity index (χ4v) is 3.20. The van der Waals surface area contributed by atoms with Crippen molar-refractivity contribution in [2.45, 2.75) is 0 Å². The third kappa shape index (κ3) is 3.20. The van der Waals surface area contributed by atoms with Crippen LogP contribution in [-0.2, 0) is 14.3 Å². The third-order valence-corrected chi connectivity index (χ3v) is 4.67. The van der Waals surface area contributed by atoms with Crippen LogP contribution in [0.1, 0.15) is 0 Å². The normalized spacial score (nSPS) is 17.4. The molecule has 0 atom stereocenters. The molecular weight excluding hydrogens is 336 g/mol. The summed E-state index contributed by atoms with van der Waals surface area (Å²) < 4.78 is 10.3. The molecule has 2 aliphatic rings. The summed E-state index contributed by atoms with van der Waals surface area (Å²) in [6, 6.07) is 13.7. The maximum atomic E-state index is 12.2. The van der Waals surface area contributed by atoms with Gasteiger partial charge in [-0.2, -0.15) is 0 Å². The average Bonchev–Trinajstić information content (AvgIpc) is 2.93. The van der Waals surface area contributed by atoms with E-state index in [-0.39, 0.29) is 30.9 Å². The second-order valence-corrected chi connectivity index (χ2v) is 6.52. The molecule has 7 heteroatoms. The van der Waals surface area contributed by atoms with Gasteiger partial charge < -0.3 is 14.4 Å². The van der Waals surface area contributed by atoms with E-state index in [0.717, 1.165) is 15.7 Å². The number of amides is 3. The zero-order valence-electron chi connectivity index (χ0n) is 14.1. The number of benzene rings is 2. The highest BCUT2D eigenvalue weighted by Gasteiger charge is 2.38. The number of hydrogen-bond donors (Lipinski definition) is 0. The first-order valence-corrected chi connectivity index (χ1v) is 8.46. The molecule has 134 valence electrons. The van der Waals surface area contributed by atoms with Crippen LogP contribution in [0.2, 0.25) is 0 Å². The number of carbonyl (C=O) groups excluding carboxylic acids is 3. The second kappa shape index (κ2) is 6.67. The Morgan fingerprint density at radius 2 is 1.88 bits per heavy atom. The molecule has 2 aromatic rings. The number of carbonyl (C=O) groups is 3. The minimum atomic E-state index is -0.598. The van der Waals surface area contributed by atoms with E-state index in [9.17, 15) is 14.4 Å². The maximum absolute atomic E-state index is 12.2. The van der Waals surface area contributed by atoms with Gasteiger partial charge in [0.25, 0.3) is 11.8 Å². The predicted molar refractivity (Wildman–Crippen MR) is 92.6 cm³/mol. The molecule has 2 fully saturated rings. The number of likely N-dealkylation sites (tertiary alicyclic amines) is 1. The van der Waals surface area contributed by atoms with Crippen molar-refractivity contribution in [1.29, 1.82) is 0 Å². The molecular formula is C19H18N2O5. The molecule has 7 nitrogen and oxygen atoms in total. The van der Waals surface area contributed by atoms with E-state index in [1.165, 1.54) is 0 Å². The topological polar surface area (TPSA) is 76.2 Å². The summed E-state index contributed by atoms with van der Waals surface area (Å²) in [5.41, 5.74) is 0. The molecule has 0 N–H and O–H groups in total. The lowest BCUT2D eigenvalue weighted by atomic mass is 9.99. The van der Waals surface area contributed by atoms with E-state index in [4.69, 9.17) is 4.74 Å². The van der Waals surface area contributed by atoms with Gasteiger partial charge in [0.1, 0.15) is 5.75 Å². The Morgan fingerprint density at radius 1 is 1.12 bits per heavy atom. The zero-order valence-corrected chi connectivity index (χ0v) is 14.1. The van der Waals surface area contributed by atoms with Gasteiger partial charge in [0.15, 0.2) is 13.2 Å². The highest BCUT2D eigenvalue weighted by molar-refractivity contribution is 5.97. The molecule has 3 amide bonds. The summed E-state index contributed by atoms with van der Waals surface area (Å²) in [4.78, 5) is 37.9. The van der Waals surface area contributed by atoms with Crippen molar-refractivity contribution in [3.05, 3.63) is 42.5 Å². The van der Waals surface area contributed by atoms with Gasteiger partial charge in [-0.1, -0.05) is 30.3 Å². The smallest absolute Gasteiger partial charge is 0.417 e. The first-order chi connectivity index (χ1) is 12.6.